The summed E-state index contributed by atoms with van der Waals surface area (Å²) in [5.74, 6) is 0. The van der Waals surface area contributed by atoms with Crippen LogP contribution in [0, 0.1) is 0 Å². The number of rotatable bonds is 5. The van der Waals surface area contributed by atoms with Crippen LogP contribution in [0.25, 0.3) is 0 Å². The van der Waals surface area contributed by atoms with E-state index in [0.717, 1.165) is 39.1 Å². The highest BCUT2D eigenvalue weighted by Gasteiger charge is 2.39. The molecule has 1 aliphatic heterocycles. The zero-order valence-electron chi connectivity index (χ0n) is 10.4. The van der Waals surface area contributed by atoms with Crippen molar-refractivity contribution in [3.8, 4) is 0 Å². The molecule has 1 saturated heterocycles. The molecule has 2 N–H and O–H groups in total. The van der Waals surface area contributed by atoms with Gasteiger partial charge in [-0.15, -0.1) is 11.3 Å². The van der Waals surface area contributed by atoms with E-state index in [2.05, 4.69) is 17.5 Å². The van der Waals surface area contributed by atoms with E-state index in [9.17, 15) is 0 Å². The van der Waals surface area contributed by atoms with Gasteiger partial charge in [-0.05, 0) is 24.8 Å². The average molecular weight is 255 g/mol. The maximum atomic E-state index is 6.39. The average Bonchev–Trinajstić information content (AvgIpc) is 2.83. The summed E-state index contributed by atoms with van der Waals surface area (Å²) in [4.78, 5) is 1.34. The smallest absolute Gasteiger partial charge is 0.0879 e. The molecule has 1 fully saturated rings. The normalized spacial score (nSPS) is 21.3. The van der Waals surface area contributed by atoms with Gasteiger partial charge in [-0.1, -0.05) is 6.07 Å². The van der Waals surface area contributed by atoms with Crippen LogP contribution in [-0.2, 0) is 15.9 Å². The Morgan fingerprint density at radius 2 is 2.29 bits per heavy atom. The standard InChI is InChI=1S/C13H21NO2S/c1-2-16-13(5-7-15-8-6-13)12(14)10-11-4-3-9-17-11/h3-4,9,12H,2,5-8,10,14H2,1H3. The number of hydrogen-bond acceptors (Lipinski definition) is 4. The molecular formula is C13H21NO2S. The molecule has 0 aromatic carbocycles. The molecule has 1 unspecified atom stereocenters. The van der Waals surface area contributed by atoms with Crippen molar-refractivity contribution in [2.24, 2.45) is 5.73 Å². The van der Waals surface area contributed by atoms with Crippen LogP contribution < -0.4 is 5.73 Å². The zero-order chi connectivity index (χ0) is 12.1. The molecule has 0 aliphatic carbocycles. The first-order valence-corrected chi connectivity index (χ1v) is 7.14. The molecule has 0 bridgehead atoms. The van der Waals surface area contributed by atoms with Crippen LogP contribution in [0.15, 0.2) is 17.5 Å². The van der Waals surface area contributed by atoms with Crippen molar-refractivity contribution >= 4 is 11.3 Å². The Hall–Kier alpha value is -0.420. The lowest BCUT2D eigenvalue weighted by Gasteiger charge is -2.41. The van der Waals surface area contributed by atoms with E-state index in [-0.39, 0.29) is 11.6 Å². The molecule has 4 heteroatoms. The second-order valence-electron chi connectivity index (χ2n) is 4.50. The number of thiophene rings is 1. The molecule has 17 heavy (non-hydrogen) atoms. The van der Waals surface area contributed by atoms with Gasteiger partial charge in [0.05, 0.1) is 5.60 Å². The van der Waals surface area contributed by atoms with Gasteiger partial charge in [0, 0.05) is 43.6 Å². The first-order valence-electron chi connectivity index (χ1n) is 6.26. The van der Waals surface area contributed by atoms with Crippen LogP contribution in [0.4, 0.5) is 0 Å². The summed E-state index contributed by atoms with van der Waals surface area (Å²) >= 11 is 1.77. The van der Waals surface area contributed by atoms with Gasteiger partial charge in [-0.25, -0.2) is 0 Å². The van der Waals surface area contributed by atoms with Gasteiger partial charge in [0.2, 0.25) is 0 Å². The SMILES string of the molecule is CCOC1(C(N)Cc2cccs2)CCOCC1. The second-order valence-corrected chi connectivity index (χ2v) is 5.53. The summed E-state index contributed by atoms with van der Waals surface area (Å²) in [5.41, 5.74) is 6.20. The molecule has 0 amide bonds. The van der Waals surface area contributed by atoms with Crippen LogP contribution in [0.3, 0.4) is 0 Å². The molecule has 96 valence electrons. The second kappa shape index (κ2) is 5.96. The number of hydrogen-bond donors (Lipinski definition) is 1. The Bertz CT molecular complexity index is 315. The highest BCUT2D eigenvalue weighted by molar-refractivity contribution is 7.09. The fraction of sp³-hybridized carbons (Fsp3) is 0.692. The zero-order valence-corrected chi connectivity index (χ0v) is 11.2. The van der Waals surface area contributed by atoms with Gasteiger partial charge in [0.15, 0.2) is 0 Å². The van der Waals surface area contributed by atoms with Crippen LogP contribution >= 0.6 is 11.3 Å². The summed E-state index contributed by atoms with van der Waals surface area (Å²) < 4.78 is 11.4. The van der Waals surface area contributed by atoms with Crippen molar-refractivity contribution in [1.29, 1.82) is 0 Å². The lowest BCUT2D eigenvalue weighted by Crippen LogP contribution is -2.54. The van der Waals surface area contributed by atoms with Gasteiger partial charge in [0.1, 0.15) is 0 Å². The van der Waals surface area contributed by atoms with E-state index in [1.807, 2.05) is 6.92 Å². The minimum atomic E-state index is -0.184. The molecule has 0 spiro atoms. The molecule has 1 aromatic rings. The van der Waals surface area contributed by atoms with Gasteiger partial charge in [0.25, 0.3) is 0 Å². The fourth-order valence-corrected chi connectivity index (χ4v) is 3.22. The highest BCUT2D eigenvalue weighted by Crippen LogP contribution is 2.30. The van der Waals surface area contributed by atoms with E-state index in [0.29, 0.717) is 0 Å². The Labute approximate surface area is 107 Å². The van der Waals surface area contributed by atoms with E-state index in [1.54, 1.807) is 11.3 Å². The van der Waals surface area contributed by atoms with Crippen LogP contribution in [0.2, 0.25) is 0 Å². The summed E-state index contributed by atoms with van der Waals surface area (Å²) in [6, 6.07) is 4.28. The van der Waals surface area contributed by atoms with Gasteiger partial charge in [-0.3, -0.25) is 0 Å². The minimum Gasteiger partial charge on any atom is -0.381 e. The summed E-state index contributed by atoms with van der Waals surface area (Å²) in [7, 11) is 0. The maximum Gasteiger partial charge on any atom is 0.0879 e. The van der Waals surface area contributed by atoms with E-state index in [1.165, 1.54) is 4.88 Å². The van der Waals surface area contributed by atoms with Gasteiger partial charge < -0.3 is 15.2 Å². The van der Waals surface area contributed by atoms with Crippen molar-refractivity contribution in [2.75, 3.05) is 19.8 Å². The predicted octanol–water partition coefficient (Wildman–Crippen LogP) is 2.20. The first-order chi connectivity index (χ1) is 8.27. The third kappa shape index (κ3) is 3.07. The third-order valence-corrected chi connectivity index (χ3v) is 4.35. The molecule has 3 nitrogen and oxygen atoms in total. The molecular weight excluding hydrogens is 234 g/mol. The molecule has 2 heterocycles. The van der Waals surface area contributed by atoms with Crippen molar-refractivity contribution in [3.05, 3.63) is 22.4 Å². The molecule has 1 atom stereocenters. The van der Waals surface area contributed by atoms with Gasteiger partial charge >= 0.3 is 0 Å². The van der Waals surface area contributed by atoms with Crippen molar-refractivity contribution in [3.63, 3.8) is 0 Å². The molecule has 0 radical (unpaired) electrons. The number of ether oxygens (including phenoxy) is 2. The minimum absolute atomic E-state index is 0.0602. The molecule has 1 aliphatic rings. The molecule has 0 saturated carbocycles. The summed E-state index contributed by atoms with van der Waals surface area (Å²) in [5, 5.41) is 2.10. The fourth-order valence-electron chi connectivity index (χ4n) is 2.46. The van der Waals surface area contributed by atoms with Gasteiger partial charge in [-0.2, -0.15) is 0 Å². The summed E-state index contributed by atoms with van der Waals surface area (Å²) in [6.45, 7) is 4.28. The predicted molar refractivity (Wildman–Crippen MR) is 70.4 cm³/mol. The largest absolute Gasteiger partial charge is 0.381 e. The lowest BCUT2D eigenvalue weighted by atomic mass is 9.84. The Balaban J connectivity index is 2.03. The lowest BCUT2D eigenvalue weighted by molar-refractivity contribution is -0.120. The maximum absolute atomic E-state index is 6.39. The topological polar surface area (TPSA) is 44.5 Å². The Morgan fingerprint density at radius 3 is 2.88 bits per heavy atom. The number of nitrogens with two attached hydrogens (primary N) is 1. The molecule has 2 rings (SSSR count). The van der Waals surface area contributed by atoms with Crippen molar-refractivity contribution in [1.82, 2.24) is 0 Å². The first kappa shape index (κ1) is 13.0. The summed E-state index contributed by atoms with van der Waals surface area (Å²) in [6.07, 6.45) is 2.72. The molecule has 1 aromatic heterocycles. The monoisotopic (exact) mass is 255 g/mol. The van der Waals surface area contributed by atoms with Crippen LogP contribution in [-0.4, -0.2) is 31.5 Å². The Morgan fingerprint density at radius 1 is 1.53 bits per heavy atom. The highest BCUT2D eigenvalue weighted by atomic mass is 32.1. The van der Waals surface area contributed by atoms with Crippen molar-refractivity contribution in [2.45, 2.75) is 37.8 Å². The van der Waals surface area contributed by atoms with E-state index in [4.69, 9.17) is 15.2 Å². The van der Waals surface area contributed by atoms with Crippen LogP contribution in [0.5, 0.6) is 0 Å². The Kier molecular flexibility index (Phi) is 4.56. The third-order valence-electron chi connectivity index (χ3n) is 3.45. The van der Waals surface area contributed by atoms with E-state index >= 15 is 0 Å². The quantitative estimate of drug-likeness (QED) is 0.877. The van der Waals surface area contributed by atoms with Crippen molar-refractivity contribution < 1.29 is 9.47 Å². The van der Waals surface area contributed by atoms with Crippen LogP contribution in [0.1, 0.15) is 24.6 Å². The van der Waals surface area contributed by atoms with E-state index < -0.39 is 0 Å².